The third-order valence-corrected chi connectivity index (χ3v) is 3.44. The zero-order valence-electron chi connectivity index (χ0n) is 13.0. The number of anilines is 2. The largest absolute Gasteiger partial charge is 0.497 e. The Morgan fingerprint density at radius 1 is 1.04 bits per heavy atom. The molecule has 2 aromatic carbocycles. The van der Waals surface area contributed by atoms with Crippen LogP contribution in [-0.4, -0.2) is 29.1 Å². The summed E-state index contributed by atoms with van der Waals surface area (Å²) in [4.78, 5) is 18.9. The Balaban J connectivity index is 2.06. The fraction of sp³-hybridized carbons (Fsp3) is 0.125. The molecule has 24 heavy (non-hydrogen) atoms. The molecule has 1 heterocycles. The van der Waals surface area contributed by atoms with E-state index in [4.69, 9.17) is 9.47 Å². The van der Waals surface area contributed by atoms with Gasteiger partial charge in [0.2, 0.25) is 0 Å². The molecule has 1 N–H and O–H groups in total. The summed E-state index contributed by atoms with van der Waals surface area (Å²) < 4.78 is 10.5. The van der Waals surface area contributed by atoms with Gasteiger partial charge in [-0.05, 0) is 6.07 Å². The Labute approximate surface area is 137 Å². The predicted octanol–water partition coefficient (Wildman–Crippen LogP) is 3.30. The quantitative estimate of drug-likeness (QED) is 0.567. The van der Waals surface area contributed by atoms with Gasteiger partial charge in [0, 0.05) is 41.4 Å². The van der Waals surface area contributed by atoms with E-state index in [1.54, 1.807) is 38.5 Å². The molecular formula is C16H14N4O4. The van der Waals surface area contributed by atoms with Crippen molar-refractivity contribution in [2.45, 2.75) is 0 Å². The summed E-state index contributed by atoms with van der Waals surface area (Å²) in [5, 5.41) is 14.7. The molecule has 0 saturated carbocycles. The van der Waals surface area contributed by atoms with Crippen LogP contribution in [0.5, 0.6) is 11.5 Å². The van der Waals surface area contributed by atoms with Gasteiger partial charge in [0.15, 0.2) is 0 Å². The maximum absolute atomic E-state index is 11.0. The molecule has 0 amide bonds. The summed E-state index contributed by atoms with van der Waals surface area (Å²) in [7, 11) is 3.12. The fourth-order valence-electron chi connectivity index (χ4n) is 2.27. The molecule has 0 unspecified atom stereocenters. The van der Waals surface area contributed by atoms with Crippen LogP contribution < -0.4 is 14.8 Å². The lowest BCUT2D eigenvalue weighted by atomic mass is 10.2. The minimum atomic E-state index is -0.454. The van der Waals surface area contributed by atoms with Gasteiger partial charge < -0.3 is 14.8 Å². The standard InChI is InChI=1S/C16H14N4O4/c1-23-12-5-10(6-13(8-12)24-2)19-16-14-7-11(20(21)22)3-4-15(14)17-9-18-16/h3-9H,1-2H3,(H,17,18,19). The summed E-state index contributed by atoms with van der Waals surface area (Å²) in [6.45, 7) is 0. The number of benzene rings is 2. The highest BCUT2D eigenvalue weighted by molar-refractivity contribution is 5.92. The first-order chi connectivity index (χ1) is 11.6. The van der Waals surface area contributed by atoms with E-state index in [2.05, 4.69) is 15.3 Å². The molecular weight excluding hydrogens is 312 g/mol. The van der Waals surface area contributed by atoms with Crippen molar-refractivity contribution in [3.05, 3.63) is 52.8 Å². The molecule has 0 bridgehead atoms. The fourth-order valence-corrected chi connectivity index (χ4v) is 2.27. The molecule has 3 rings (SSSR count). The molecule has 0 aliphatic carbocycles. The summed E-state index contributed by atoms with van der Waals surface area (Å²) in [6, 6.07) is 9.73. The maximum Gasteiger partial charge on any atom is 0.270 e. The van der Waals surface area contributed by atoms with Gasteiger partial charge in [0.25, 0.3) is 5.69 Å². The number of rotatable bonds is 5. The van der Waals surface area contributed by atoms with E-state index >= 15 is 0 Å². The van der Waals surface area contributed by atoms with Crippen LogP contribution in [0.3, 0.4) is 0 Å². The maximum atomic E-state index is 11.0. The second-order valence-electron chi connectivity index (χ2n) is 4.91. The van der Waals surface area contributed by atoms with E-state index in [1.807, 2.05) is 0 Å². The second-order valence-corrected chi connectivity index (χ2v) is 4.91. The third kappa shape index (κ3) is 3.02. The highest BCUT2D eigenvalue weighted by atomic mass is 16.6. The molecule has 8 nitrogen and oxygen atoms in total. The van der Waals surface area contributed by atoms with Crippen molar-refractivity contribution in [1.82, 2.24) is 9.97 Å². The van der Waals surface area contributed by atoms with E-state index < -0.39 is 4.92 Å². The van der Waals surface area contributed by atoms with Crippen LogP contribution in [-0.2, 0) is 0 Å². The van der Waals surface area contributed by atoms with Gasteiger partial charge in [-0.3, -0.25) is 10.1 Å². The van der Waals surface area contributed by atoms with Crippen molar-refractivity contribution in [2.24, 2.45) is 0 Å². The zero-order chi connectivity index (χ0) is 17.1. The third-order valence-electron chi connectivity index (χ3n) is 3.44. The number of nitro benzene ring substituents is 1. The first-order valence-corrected chi connectivity index (χ1v) is 7.00. The average Bonchev–Trinajstić information content (AvgIpc) is 2.61. The molecule has 0 spiro atoms. The monoisotopic (exact) mass is 326 g/mol. The minimum Gasteiger partial charge on any atom is -0.497 e. The van der Waals surface area contributed by atoms with E-state index in [0.29, 0.717) is 33.9 Å². The number of nitro groups is 1. The smallest absolute Gasteiger partial charge is 0.270 e. The van der Waals surface area contributed by atoms with Gasteiger partial charge >= 0.3 is 0 Å². The number of hydrogen-bond donors (Lipinski definition) is 1. The lowest BCUT2D eigenvalue weighted by Gasteiger charge is -2.11. The Kier molecular flexibility index (Phi) is 4.11. The number of hydrogen-bond acceptors (Lipinski definition) is 7. The minimum absolute atomic E-state index is 0.0245. The van der Waals surface area contributed by atoms with Gasteiger partial charge in [-0.2, -0.15) is 0 Å². The van der Waals surface area contributed by atoms with Crippen LogP contribution in [0.2, 0.25) is 0 Å². The predicted molar refractivity (Wildman–Crippen MR) is 89.0 cm³/mol. The molecule has 0 radical (unpaired) electrons. The van der Waals surface area contributed by atoms with Crippen molar-refractivity contribution >= 4 is 28.1 Å². The van der Waals surface area contributed by atoms with Gasteiger partial charge in [-0.15, -0.1) is 0 Å². The highest BCUT2D eigenvalue weighted by Gasteiger charge is 2.11. The Morgan fingerprint density at radius 2 is 1.75 bits per heavy atom. The van der Waals surface area contributed by atoms with Crippen molar-refractivity contribution < 1.29 is 14.4 Å². The molecule has 8 heteroatoms. The summed E-state index contributed by atoms with van der Waals surface area (Å²) in [6.07, 6.45) is 1.40. The first-order valence-electron chi connectivity index (χ1n) is 7.00. The Hall–Kier alpha value is -3.42. The topological polar surface area (TPSA) is 99.4 Å². The van der Waals surface area contributed by atoms with E-state index in [1.165, 1.54) is 18.5 Å². The molecule has 0 fully saturated rings. The molecule has 122 valence electrons. The van der Waals surface area contributed by atoms with Crippen LogP contribution in [0.4, 0.5) is 17.2 Å². The second kappa shape index (κ2) is 6.37. The van der Waals surface area contributed by atoms with E-state index in [9.17, 15) is 10.1 Å². The lowest BCUT2D eigenvalue weighted by Crippen LogP contribution is -1.98. The molecule has 0 saturated heterocycles. The van der Waals surface area contributed by atoms with E-state index in [-0.39, 0.29) is 5.69 Å². The number of non-ortho nitro benzene ring substituents is 1. The van der Waals surface area contributed by atoms with Gasteiger partial charge in [0.1, 0.15) is 23.6 Å². The number of nitrogens with zero attached hydrogens (tertiary/aromatic N) is 3. The Bertz CT molecular complexity index is 891. The number of fused-ring (bicyclic) bond motifs is 1. The number of nitrogens with one attached hydrogen (secondary N) is 1. The normalized spacial score (nSPS) is 10.4. The van der Waals surface area contributed by atoms with Crippen molar-refractivity contribution in [3.8, 4) is 11.5 Å². The number of ether oxygens (including phenoxy) is 2. The van der Waals surface area contributed by atoms with Crippen molar-refractivity contribution in [3.63, 3.8) is 0 Å². The van der Waals surface area contributed by atoms with Gasteiger partial charge in [-0.1, -0.05) is 0 Å². The molecule has 3 aromatic rings. The first kappa shape index (κ1) is 15.5. The van der Waals surface area contributed by atoms with Crippen molar-refractivity contribution in [2.75, 3.05) is 19.5 Å². The van der Waals surface area contributed by atoms with Gasteiger partial charge in [0.05, 0.1) is 24.7 Å². The molecule has 0 aliphatic heterocycles. The average molecular weight is 326 g/mol. The van der Waals surface area contributed by atoms with Gasteiger partial charge in [-0.25, -0.2) is 9.97 Å². The summed E-state index contributed by atoms with van der Waals surface area (Å²) >= 11 is 0. The lowest BCUT2D eigenvalue weighted by molar-refractivity contribution is -0.384. The van der Waals surface area contributed by atoms with Crippen LogP contribution in [0.25, 0.3) is 10.9 Å². The van der Waals surface area contributed by atoms with Crippen LogP contribution in [0.15, 0.2) is 42.7 Å². The summed E-state index contributed by atoms with van der Waals surface area (Å²) in [5.74, 6) is 1.68. The van der Waals surface area contributed by atoms with Crippen LogP contribution in [0.1, 0.15) is 0 Å². The number of methoxy groups -OCH3 is 2. The van der Waals surface area contributed by atoms with Crippen LogP contribution >= 0.6 is 0 Å². The molecule has 0 atom stereocenters. The number of aromatic nitrogens is 2. The van der Waals surface area contributed by atoms with E-state index in [0.717, 1.165) is 0 Å². The van der Waals surface area contributed by atoms with Crippen molar-refractivity contribution in [1.29, 1.82) is 0 Å². The summed E-state index contributed by atoms with van der Waals surface area (Å²) in [5.41, 5.74) is 1.26. The highest BCUT2D eigenvalue weighted by Crippen LogP contribution is 2.30. The van der Waals surface area contributed by atoms with Crippen LogP contribution in [0, 0.1) is 10.1 Å². The Morgan fingerprint density at radius 3 is 2.38 bits per heavy atom. The zero-order valence-corrected chi connectivity index (χ0v) is 13.0. The molecule has 1 aromatic heterocycles. The molecule has 0 aliphatic rings. The SMILES string of the molecule is COc1cc(Nc2ncnc3ccc([N+](=O)[O-])cc23)cc(OC)c1.